The number of hydrazine groups is 2. The number of aliphatic carboxylic acids is 2. The summed E-state index contributed by atoms with van der Waals surface area (Å²) >= 11 is 0. The number of carboxylic acids is 2. The highest BCUT2D eigenvalue weighted by atomic mass is 16.4. The van der Waals surface area contributed by atoms with Gasteiger partial charge in [-0.1, -0.05) is 74.2 Å². The summed E-state index contributed by atoms with van der Waals surface area (Å²) in [5.41, 5.74) is 14.2. The molecule has 3 aliphatic rings. The zero-order valence-corrected chi connectivity index (χ0v) is 39.4. The monoisotopic (exact) mass is 954 g/mol. The Morgan fingerprint density at radius 3 is 1.79 bits per heavy atom. The first-order chi connectivity index (χ1) is 33.2. The highest BCUT2D eigenvalue weighted by molar-refractivity contribution is 6.54. The van der Waals surface area contributed by atoms with Crippen LogP contribution in [0.25, 0.3) is 21.5 Å². The zero-order valence-electron chi connectivity index (χ0n) is 39.4. The molecule has 2 atom stereocenters. The first kappa shape index (κ1) is 50.2. The van der Waals surface area contributed by atoms with Crippen molar-refractivity contribution in [3.8, 4) is 0 Å². The Bertz CT molecular complexity index is 3040. The van der Waals surface area contributed by atoms with Crippen molar-refractivity contribution < 1.29 is 58.3 Å². The molecule has 0 unspecified atom stereocenters. The van der Waals surface area contributed by atoms with E-state index in [9.17, 15) is 43.5 Å². The third kappa shape index (κ3) is 9.64. The number of carbonyl (C=O) groups is 8. The van der Waals surface area contributed by atoms with Crippen molar-refractivity contribution in [3.63, 3.8) is 0 Å². The average molecular weight is 955 g/mol. The number of benzene rings is 4. The molecule has 7 rings (SSSR count). The Morgan fingerprint density at radius 2 is 1.21 bits per heavy atom. The molecule has 4 aromatic rings. The predicted molar refractivity (Wildman–Crippen MR) is 257 cm³/mol. The number of hydrogen-bond donors (Lipinski definition) is 8. The van der Waals surface area contributed by atoms with E-state index in [4.69, 9.17) is 10.2 Å². The van der Waals surface area contributed by atoms with Crippen LogP contribution >= 0.6 is 0 Å². The number of fused-ring (bicyclic) bond motifs is 6. The minimum atomic E-state index is -1.66. The number of anilines is 1. The predicted octanol–water partition coefficient (Wildman–Crippen LogP) is 1.25. The maximum Gasteiger partial charge on any atom is 0.374 e. The van der Waals surface area contributed by atoms with Crippen molar-refractivity contribution in [1.29, 1.82) is 0 Å². The number of nitrogens with zero attached hydrogens (tertiary/aromatic N) is 2. The summed E-state index contributed by atoms with van der Waals surface area (Å²) in [6.07, 6.45) is 3.02. The van der Waals surface area contributed by atoms with Gasteiger partial charge in [-0.2, -0.15) is 4.58 Å². The highest BCUT2D eigenvalue weighted by Gasteiger charge is 2.47. The van der Waals surface area contributed by atoms with Gasteiger partial charge in [0.2, 0.25) is 29.1 Å². The van der Waals surface area contributed by atoms with Crippen LogP contribution in [0.4, 0.5) is 11.4 Å². The van der Waals surface area contributed by atoms with E-state index in [0.29, 0.717) is 11.4 Å². The number of carbonyl (C=O) groups excluding carboxylic acids is 6. The Labute approximate surface area is 402 Å². The van der Waals surface area contributed by atoms with E-state index in [1.807, 2.05) is 110 Å². The topological polar surface area (TPSA) is 279 Å². The van der Waals surface area contributed by atoms with Crippen LogP contribution in [-0.2, 0) is 49.2 Å². The molecule has 70 heavy (non-hydrogen) atoms. The summed E-state index contributed by atoms with van der Waals surface area (Å²) in [7, 11) is 0. The van der Waals surface area contributed by atoms with Gasteiger partial charge in [0.25, 0.3) is 11.6 Å². The molecular formula is C51H54N8O11. The smallest absolute Gasteiger partial charge is 0.374 e. The van der Waals surface area contributed by atoms with Gasteiger partial charge in [-0.05, 0) is 73.0 Å². The average Bonchev–Trinajstić information content (AvgIpc) is 3.78. The van der Waals surface area contributed by atoms with Gasteiger partial charge in [-0.3, -0.25) is 39.6 Å². The van der Waals surface area contributed by atoms with Gasteiger partial charge in [-0.15, -0.1) is 0 Å². The van der Waals surface area contributed by atoms with E-state index < -0.39 is 88.6 Å². The van der Waals surface area contributed by atoms with Crippen molar-refractivity contribution in [2.24, 2.45) is 0 Å². The summed E-state index contributed by atoms with van der Waals surface area (Å²) in [5.74, 6) is -9.48. The van der Waals surface area contributed by atoms with Crippen LogP contribution in [0.5, 0.6) is 0 Å². The Hall–Kier alpha value is -7.71. The lowest BCUT2D eigenvalue weighted by Gasteiger charge is -2.28. The molecule has 0 bridgehead atoms. The standard InChI is InChI=1S/C51H54N8O11/c1-27(46(65)52-25-37(60)48(67)68)56-54-19-21-58-35-17-15-29-11-7-9-13-31(29)41(35)50(3,4)39(58)23-33-43(62)34(45(64)44(33)63)24-40-51(5,6)42-32-14-10-8-12-30(32)16-18-36(42)59(40)22-20-55-57-28(2)47(66)53-26-38(61)49(69)70/h7-18,23-24,27-28H,19-22,25-26H2,1-6H3,(H8,52,53,54,55,56,57,62,63,64,65,66,67,68,69,70)/b39-23+/t27-,28-/m0/s1. The van der Waals surface area contributed by atoms with Crippen LogP contribution in [0.15, 0.2) is 108 Å². The van der Waals surface area contributed by atoms with Crippen LogP contribution in [0.1, 0.15) is 52.7 Å². The van der Waals surface area contributed by atoms with Gasteiger partial charge in [0.1, 0.15) is 0 Å². The third-order valence-electron chi connectivity index (χ3n) is 12.9. The summed E-state index contributed by atoms with van der Waals surface area (Å²) < 4.78 is 1.96. The van der Waals surface area contributed by atoms with Gasteiger partial charge in [0.05, 0.1) is 37.1 Å². The zero-order chi connectivity index (χ0) is 50.8. The van der Waals surface area contributed by atoms with Crippen molar-refractivity contribution in [2.75, 3.05) is 44.2 Å². The Kier molecular flexibility index (Phi) is 14.4. The molecule has 19 heteroatoms. The normalized spacial score (nSPS) is 17.9. The van der Waals surface area contributed by atoms with Gasteiger partial charge >= 0.3 is 11.9 Å². The van der Waals surface area contributed by atoms with Crippen LogP contribution in [-0.4, -0.2) is 119 Å². The lowest BCUT2D eigenvalue weighted by molar-refractivity contribution is -0.435. The maximum atomic E-state index is 14.7. The molecule has 19 nitrogen and oxygen atoms in total. The van der Waals surface area contributed by atoms with Gasteiger partial charge in [-0.25, -0.2) is 20.4 Å². The van der Waals surface area contributed by atoms with Gasteiger partial charge < -0.3 is 30.9 Å². The molecule has 2 amide bonds. The third-order valence-corrected chi connectivity index (χ3v) is 12.9. The molecular weight excluding hydrogens is 901 g/mol. The molecule has 8 N–H and O–H groups in total. The summed E-state index contributed by atoms with van der Waals surface area (Å²) in [6.45, 7) is 10.6. The van der Waals surface area contributed by atoms with Crippen molar-refractivity contribution >= 4 is 85.5 Å². The SMILES string of the molecule is C[C@H](NNCCN1/C(=C/C2=C([O-])C(=C/C3=[N+](CCNN[C@@H](C)C(=O)NCC(=O)C(=O)O)c4ccc5ccccc5c4C3(C)C)/C(=O)C2=O)C(C)(C)c2c1ccc1ccccc21)C(=O)NCC(=O)C(=O)O. The van der Waals surface area contributed by atoms with Gasteiger partial charge in [0, 0.05) is 58.7 Å². The number of ketones is 4. The van der Waals surface area contributed by atoms with E-state index in [0.717, 1.165) is 44.0 Å². The second-order valence-electron chi connectivity index (χ2n) is 18.3. The van der Waals surface area contributed by atoms with Crippen molar-refractivity contribution in [3.05, 3.63) is 119 Å². The summed E-state index contributed by atoms with van der Waals surface area (Å²) in [6, 6.07) is 21.8. The summed E-state index contributed by atoms with van der Waals surface area (Å²) in [4.78, 5) is 100. The highest BCUT2D eigenvalue weighted by Crippen LogP contribution is 2.51. The van der Waals surface area contributed by atoms with Crippen LogP contribution < -0.4 is 42.3 Å². The van der Waals surface area contributed by atoms with Crippen LogP contribution in [0.2, 0.25) is 0 Å². The largest absolute Gasteiger partial charge is 0.871 e. The minimum absolute atomic E-state index is 0.218. The fraction of sp³-hybridized carbons (Fsp3) is 0.314. The fourth-order valence-electron chi connectivity index (χ4n) is 9.31. The second kappa shape index (κ2) is 20.1. The molecule has 0 aromatic heterocycles. The minimum Gasteiger partial charge on any atom is -0.871 e. The first-order valence-corrected chi connectivity index (χ1v) is 22.6. The lowest BCUT2D eigenvalue weighted by Crippen LogP contribution is -2.51. The molecule has 0 saturated heterocycles. The number of carboxylic acid groups (broad SMARTS) is 2. The number of Topliss-reactive ketones (excluding diaryl/α,β-unsaturated/α-hetero) is 4. The summed E-state index contributed by atoms with van der Waals surface area (Å²) in [5, 5.41) is 40.8. The second-order valence-corrected chi connectivity index (χ2v) is 18.3. The lowest BCUT2D eigenvalue weighted by atomic mass is 9.78. The number of hydrogen-bond acceptors (Lipinski definition) is 14. The first-order valence-electron chi connectivity index (χ1n) is 22.6. The molecule has 2 heterocycles. The molecule has 0 fully saturated rings. The maximum absolute atomic E-state index is 14.7. The number of allylic oxidation sites excluding steroid dienone is 5. The number of amides is 2. The number of rotatable bonds is 20. The molecule has 0 radical (unpaired) electrons. The molecule has 0 saturated carbocycles. The van der Waals surface area contributed by atoms with Gasteiger partial charge in [0.15, 0.2) is 12.3 Å². The molecule has 1 aliphatic carbocycles. The van der Waals surface area contributed by atoms with Crippen LogP contribution in [0, 0.1) is 0 Å². The molecule has 364 valence electrons. The Balaban J connectivity index is 1.21. The molecule has 0 spiro atoms. The Morgan fingerprint density at radius 1 is 0.686 bits per heavy atom. The van der Waals surface area contributed by atoms with E-state index in [1.54, 1.807) is 0 Å². The quantitative estimate of drug-likeness (QED) is 0.0204. The van der Waals surface area contributed by atoms with Crippen molar-refractivity contribution in [2.45, 2.75) is 64.5 Å². The van der Waals surface area contributed by atoms with E-state index in [-0.39, 0.29) is 37.3 Å². The van der Waals surface area contributed by atoms with E-state index >= 15 is 0 Å². The molecule has 2 aliphatic heterocycles. The van der Waals surface area contributed by atoms with E-state index in [2.05, 4.69) is 32.3 Å². The van der Waals surface area contributed by atoms with E-state index in [1.165, 1.54) is 26.0 Å². The van der Waals surface area contributed by atoms with Crippen LogP contribution in [0.3, 0.4) is 0 Å². The number of nitrogens with one attached hydrogen (secondary N) is 6. The fourth-order valence-corrected chi connectivity index (χ4v) is 9.31. The molecule has 4 aromatic carbocycles. The van der Waals surface area contributed by atoms with Crippen molar-refractivity contribution in [1.82, 2.24) is 32.3 Å².